The number of hydrogen-bond acceptors (Lipinski definition) is 5. The van der Waals surface area contributed by atoms with Crippen LogP contribution in [-0.4, -0.2) is 44.5 Å². The number of hydrogen-bond donors (Lipinski definition) is 2. The average molecular weight is 381 g/mol. The van der Waals surface area contributed by atoms with Crippen LogP contribution in [0.5, 0.6) is 0 Å². The second-order valence-corrected chi connectivity index (χ2v) is 6.86. The molecule has 1 aliphatic carbocycles. The summed E-state index contributed by atoms with van der Waals surface area (Å²) in [5.74, 6) is -1.32. The highest BCUT2D eigenvalue weighted by Gasteiger charge is 2.25. The minimum atomic E-state index is -0.585. The minimum Gasteiger partial charge on any atom is -0.452 e. The summed E-state index contributed by atoms with van der Waals surface area (Å²) in [5, 5.41) is 5.53. The molecule has 0 unspecified atom stereocenters. The van der Waals surface area contributed by atoms with Gasteiger partial charge < -0.3 is 20.3 Å². The number of esters is 1. The van der Waals surface area contributed by atoms with Crippen LogP contribution < -0.4 is 15.5 Å². The highest BCUT2D eigenvalue weighted by atomic mass is 16.5. The van der Waals surface area contributed by atoms with Crippen LogP contribution in [-0.2, 0) is 9.53 Å². The summed E-state index contributed by atoms with van der Waals surface area (Å²) in [6.45, 7) is -0.441. The van der Waals surface area contributed by atoms with Gasteiger partial charge in [-0.2, -0.15) is 0 Å². The van der Waals surface area contributed by atoms with E-state index in [2.05, 4.69) is 10.6 Å². The fourth-order valence-corrected chi connectivity index (χ4v) is 2.59. The van der Waals surface area contributed by atoms with Crippen LogP contribution in [0.4, 0.5) is 11.4 Å². The average Bonchev–Trinajstić information content (AvgIpc) is 3.50. The Morgan fingerprint density at radius 1 is 1.07 bits per heavy atom. The van der Waals surface area contributed by atoms with Crippen molar-refractivity contribution in [3.05, 3.63) is 59.7 Å². The first kappa shape index (κ1) is 19.4. The topological polar surface area (TPSA) is 87.7 Å². The molecule has 2 amide bonds. The zero-order valence-electron chi connectivity index (χ0n) is 15.9. The van der Waals surface area contributed by atoms with Crippen molar-refractivity contribution in [1.82, 2.24) is 5.32 Å². The summed E-state index contributed by atoms with van der Waals surface area (Å²) >= 11 is 0. The van der Waals surface area contributed by atoms with Gasteiger partial charge in [-0.25, -0.2) is 4.79 Å². The second kappa shape index (κ2) is 8.56. The molecule has 0 radical (unpaired) electrons. The van der Waals surface area contributed by atoms with Gasteiger partial charge in [0, 0.05) is 25.8 Å². The van der Waals surface area contributed by atoms with Crippen LogP contribution in [0, 0.1) is 0 Å². The van der Waals surface area contributed by atoms with Gasteiger partial charge in [-0.3, -0.25) is 9.59 Å². The Balaban J connectivity index is 1.58. The normalized spacial score (nSPS) is 12.8. The number of anilines is 2. The Morgan fingerprint density at radius 3 is 2.54 bits per heavy atom. The van der Waals surface area contributed by atoms with E-state index in [1.54, 1.807) is 42.5 Å². The van der Waals surface area contributed by atoms with Crippen LogP contribution in [0.15, 0.2) is 48.5 Å². The van der Waals surface area contributed by atoms with Gasteiger partial charge >= 0.3 is 5.97 Å². The Labute approximate surface area is 163 Å². The number of carbonyl (C=O) groups excluding carboxylic acids is 3. The fourth-order valence-electron chi connectivity index (χ4n) is 2.59. The zero-order valence-corrected chi connectivity index (χ0v) is 15.9. The highest BCUT2D eigenvalue weighted by molar-refractivity contribution is 6.04. The SMILES string of the molecule is CN(C)c1cccc(C(=O)OCC(=O)Nc2ccccc2C(=O)NC2CC2)c1. The molecular weight excluding hydrogens is 358 g/mol. The van der Waals surface area contributed by atoms with E-state index in [1.807, 2.05) is 25.1 Å². The third-order valence-corrected chi connectivity index (χ3v) is 4.29. The zero-order chi connectivity index (χ0) is 20.1. The first-order valence-corrected chi connectivity index (χ1v) is 9.08. The van der Waals surface area contributed by atoms with Crippen LogP contribution in [0.3, 0.4) is 0 Å². The van der Waals surface area contributed by atoms with E-state index < -0.39 is 18.5 Å². The molecule has 28 heavy (non-hydrogen) atoms. The van der Waals surface area contributed by atoms with Crippen molar-refractivity contribution in [2.75, 3.05) is 30.9 Å². The number of carbonyl (C=O) groups is 3. The largest absolute Gasteiger partial charge is 0.452 e. The molecule has 7 heteroatoms. The molecule has 1 saturated carbocycles. The molecule has 0 aliphatic heterocycles. The van der Waals surface area contributed by atoms with Crippen molar-refractivity contribution in [3.8, 4) is 0 Å². The van der Waals surface area contributed by atoms with Crippen molar-refractivity contribution < 1.29 is 19.1 Å². The molecule has 0 atom stereocenters. The van der Waals surface area contributed by atoms with Crippen molar-refractivity contribution >= 4 is 29.2 Å². The maximum atomic E-state index is 12.3. The Kier molecular flexibility index (Phi) is 5.93. The molecule has 1 aliphatic rings. The predicted octanol–water partition coefficient (Wildman–Crippen LogP) is 2.44. The standard InChI is InChI=1S/C21H23N3O4/c1-24(2)16-7-5-6-14(12-16)21(27)28-13-19(25)23-18-9-4-3-8-17(18)20(26)22-15-10-11-15/h3-9,12,15H,10-11,13H2,1-2H3,(H,22,26)(H,23,25). The van der Waals surface area contributed by atoms with Gasteiger partial charge in [0.2, 0.25) is 0 Å². The van der Waals surface area contributed by atoms with Crippen molar-refractivity contribution in [2.45, 2.75) is 18.9 Å². The van der Waals surface area contributed by atoms with Crippen molar-refractivity contribution in [1.29, 1.82) is 0 Å². The number of ether oxygens (including phenoxy) is 1. The molecule has 1 fully saturated rings. The number of rotatable bonds is 7. The number of amides is 2. The van der Waals surface area contributed by atoms with Gasteiger partial charge in [-0.15, -0.1) is 0 Å². The number of para-hydroxylation sites is 1. The lowest BCUT2D eigenvalue weighted by atomic mass is 10.1. The molecule has 146 valence electrons. The molecule has 0 spiro atoms. The molecule has 0 heterocycles. The highest BCUT2D eigenvalue weighted by Crippen LogP contribution is 2.21. The quantitative estimate of drug-likeness (QED) is 0.720. The van der Waals surface area contributed by atoms with Gasteiger partial charge in [0.05, 0.1) is 16.8 Å². The molecule has 3 rings (SSSR count). The van der Waals surface area contributed by atoms with Gasteiger partial charge in [0.25, 0.3) is 11.8 Å². The maximum absolute atomic E-state index is 12.3. The van der Waals surface area contributed by atoms with Crippen LogP contribution in [0.25, 0.3) is 0 Å². The van der Waals surface area contributed by atoms with Crippen LogP contribution in [0.1, 0.15) is 33.6 Å². The van der Waals surface area contributed by atoms with E-state index in [1.165, 1.54) is 0 Å². The van der Waals surface area contributed by atoms with Gasteiger partial charge in [-0.05, 0) is 43.2 Å². The number of nitrogens with one attached hydrogen (secondary N) is 2. The van der Waals surface area contributed by atoms with E-state index in [0.717, 1.165) is 18.5 Å². The second-order valence-electron chi connectivity index (χ2n) is 6.86. The van der Waals surface area contributed by atoms with Crippen molar-refractivity contribution in [2.24, 2.45) is 0 Å². The van der Waals surface area contributed by atoms with E-state index in [0.29, 0.717) is 16.8 Å². The summed E-state index contributed by atoms with van der Waals surface area (Å²) in [7, 11) is 3.74. The fraction of sp³-hybridized carbons (Fsp3) is 0.286. The first-order valence-electron chi connectivity index (χ1n) is 9.08. The predicted molar refractivity (Wildman–Crippen MR) is 107 cm³/mol. The third kappa shape index (κ3) is 5.09. The Morgan fingerprint density at radius 2 is 1.82 bits per heavy atom. The summed E-state index contributed by atoms with van der Waals surface area (Å²) in [6.07, 6.45) is 1.95. The van der Waals surface area contributed by atoms with E-state index in [9.17, 15) is 14.4 Å². The molecule has 7 nitrogen and oxygen atoms in total. The molecule has 2 aromatic carbocycles. The molecule has 2 N–H and O–H groups in total. The van der Waals surface area contributed by atoms with Gasteiger partial charge in [0.15, 0.2) is 6.61 Å². The van der Waals surface area contributed by atoms with Crippen LogP contribution in [0.2, 0.25) is 0 Å². The summed E-state index contributed by atoms with van der Waals surface area (Å²) in [6, 6.07) is 13.9. The monoisotopic (exact) mass is 381 g/mol. The number of benzene rings is 2. The first-order chi connectivity index (χ1) is 13.4. The lowest BCUT2D eigenvalue weighted by Crippen LogP contribution is -2.28. The molecule has 0 bridgehead atoms. The molecule has 0 saturated heterocycles. The Bertz CT molecular complexity index is 891. The smallest absolute Gasteiger partial charge is 0.338 e. The van der Waals surface area contributed by atoms with Gasteiger partial charge in [-0.1, -0.05) is 18.2 Å². The Hall–Kier alpha value is -3.35. The maximum Gasteiger partial charge on any atom is 0.338 e. The van der Waals surface area contributed by atoms with E-state index in [4.69, 9.17) is 4.74 Å². The summed E-state index contributed by atoms with van der Waals surface area (Å²) in [4.78, 5) is 38.6. The van der Waals surface area contributed by atoms with Crippen LogP contribution >= 0.6 is 0 Å². The van der Waals surface area contributed by atoms with E-state index >= 15 is 0 Å². The van der Waals surface area contributed by atoms with Gasteiger partial charge in [0.1, 0.15) is 0 Å². The summed E-state index contributed by atoms with van der Waals surface area (Å²) in [5.41, 5.74) is 1.99. The molecular formula is C21H23N3O4. The molecule has 0 aromatic heterocycles. The van der Waals surface area contributed by atoms with Crippen molar-refractivity contribution in [3.63, 3.8) is 0 Å². The summed E-state index contributed by atoms with van der Waals surface area (Å²) < 4.78 is 5.10. The lowest BCUT2D eigenvalue weighted by Gasteiger charge is -2.13. The third-order valence-electron chi connectivity index (χ3n) is 4.29. The number of nitrogens with zero attached hydrogens (tertiary/aromatic N) is 1. The minimum absolute atomic E-state index is 0.218. The lowest BCUT2D eigenvalue weighted by molar-refractivity contribution is -0.119. The van der Waals surface area contributed by atoms with E-state index in [-0.39, 0.29) is 11.9 Å². The molecule has 2 aromatic rings.